The number of esters is 4. The summed E-state index contributed by atoms with van der Waals surface area (Å²) < 4.78 is 46.6. The predicted octanol–water partition coefficient (Wildman–Crippen LogP) is 3.47. The van der Waals surface area contributed by atoms with E-state index in [9.17, 15) is 49.8 Å². The molecule has 6 bridgehead atoms. The first-order valence-electron chi connectivity index (χ1n) is 22.5. The molecule has 0 unspecified atom stereocenters. The van der Waals surface area contributed by atoms with Gasteiger partial charge in [0.25, 0.3) is 0 Å². The number of hydrogen-bond donors (Lipinski definition) is 6. The van der Waals surface area contributed by atoms with Crippen LogP contribution in [0.3, 0.4) is 0 Å². The van der Waals surface area contributed by atoms with Crippen LogP contribution in [0.1, 0.15) is 119 Å². The maximum Gasteiger partial charge on any atom is 0.331 e. The van der Waals surface area contributed by atoms with E-state index >= 15 is 0 Å². The molecule has 18 heteroatoms. The fraction of sp³-hybridized carbons (Fsp3) is 0.745. The summed E-state index contributed by atoms with van der Waals surface area (Å²) in [7, 11) is 2.38. The lowest BCUT2D eigenvalue weighted by Crippen LogP contribution is -2.68. The molecule has 0 aliphatic carbocycles. The Morgan fingerprint density at radius 2 is 1.63 bits per heavy atom. The summed E-state index contributed by atoms with van der Waals surface area (Å²) in [6, 6.07) is 0. The van der Waals surface area contributed by atoms with Crippen LogP contribution < -0.4 is 0 Å². The third-order valence-electron chi connectivity index (χ3n) is 12.9. The normalized spacial score (nSPS) is 37.2. The molecule has 13 atom stereocenters. The molecule has 0 aromatic rings. The van der Waals surface area contributed by atoms with Crippen molar-refractivity contribution in [3.8, 4) is 0 Å². The standard InChI is InChI=1S/C47H72O18/c1-10-11-12-13-14-15-38(51)63-42-31(21-40(53)59-9)25-45(55)27-36(28(2)48)62-41(54)23-32(50)22-34-24-37(60-29(3)49)44(6,7)46(56,64-34)26-35-19-30(20-39(52)58-8)18-33(61-35)16-17-43(4,5)47(42,57)65-45/h12-17,20,28-29,31-37,42,48-50,55-57H,10-11,18-19,21-27H2,1-9H3/t28-,29+,31-,32-,33+,34-,35+,36-,37+,42+,45+,46+,47-/m1/s1. The summed E-state index contributed by atoms with van der Waals surface area (Å²) in [5, 5.41) is 70.4. The average Bonchev–Trinajstić information content (AvgIpc) is 3.19. The molecule has 0 spiro atoms. The van der Waals surface area contributed by atoms with Gasteiger partial charge in [0.15, 0.2) is 24.0 Å². The van der Waals surface area contributed by atoms with Gasteiger partial charge in [0.05, 0.1) is 63.7 Å². The first kappa shape index (κ1) is 54.0. The Bertz CT molecular complexity index is 1770. The number of allylic oxidation sites excluding steroid dienone is 3. The van der Waals surface area contributed by atoms with Crippen molar-refractivity contribution in [1.82, 2.24) is 0 Å². The number of ether oxygens (including phenoxy) is 8. The molecule has 18 nitrogen and oxygen atoms in total. The largest absolute Gasteiger partial charge is 0.469 e. The maximum absolute atomic E-state index is 13.5. The van der Waals surface area contributed by atoms with Gasteiger partial charge in [-0.1, -0.05) is 77.0 Å². The first-order valence-corrected chi connectivity index (χ1v) is 22.5. The minimum atomic E-state index is -2.68. The summed E-state index contributed by atoms with van der Waals surface area (Å²) in [5.41, 5.74) is -2.28. The molecule has 65 heavy (non-hydrogen) atoms. The molecule has 4 rings (SSSR count). The smallest absolute Gasteiger partial charge is 0.331 e. The second-order valence-corrected chi connectivity index (χ2v) is 19.0. The van der Waals surface area contributed by atoms with Gasteiger partial charge in [-0.25, -0.2) is 9.59 Å². The molecular formula is C47H72O18. The Morgan fingerprint density at radius 1 is 0.923 bits per heavy atom. The molecular weight excluding hydrogens is 852 g/mol. The van der Waals surface area contributed by atoms with Gasteiger partial charge >= 0.3 is 23.9 Å². The topological polar surface area (TPSA) is 263 Å². The van der Waals surface area contributed by atoms with Crippen LogP contribution in [0.5, 0.6) is 0 Å². The summed E-state index contributed by atoms with van der Waals surface area (Å²) in [5.74, 6) is -11.7. The van der Waals surface area contributed by atoms with Gasteiger partial charge in [0, 0.05) is 61.0 Å². The number of carbonyl (C=O) groups excluding carboxylic acids is 4. The van der Waals surface area contributed by atoms with E-state index in [1.807, 2.05) is 13.0 Å². The molecule has 3 saturated heterocycles. The van der Waals surface area contributed by atoms with E-state index in [2.05, 4.69) is 0 Å². The molecule has 3 fully saturated rings. The summed E-state index contributed by atoms with van der Waals surface area (Å²) in [4.78, 5) is 52.5. The number of carbonyl (C=O) groups is 4. The van der Waals surface area contributed by atoms with Crippen molar-refractivity contribution in [2.24, 2.45) is 16.7 Å². The molecule has 6 N–H and O–H groups in total. The highest BCUT2D eigenvalue weighted by atomic mass is 16.7. The monoisotopic (exact) mass is 924 g/mol. The second-order valence-electron chi connectivity index (χ2n) is 19.0. The lowest BCUT2D eigenvalue weighted by atomic mass is 9.70. The highest BCUT2D eigenvalue weighted by Gasteiger charge is 2.63. The van der Waals surface area contributed by atoms with Gasteiger partial charge in [-0.15, -0.1) is 0 Å². The first-order chi connectivity index (χ1) is 30.3. The molecule has 0 saturated carbocycles. The quantitative estimate of drug-likeness (QED) is 0.0433. The van der Waals surface area contributed by atoms with Gasteiger partial charge in [0.2, 0.25) is 5.79 Å². The molecule has 4 aliphatic heterocycles. The van der Waals surface area contributed by atoms with Crippen molar-refractivity contribution in [1.29, 1.82) is 0 Å². The van der Waals surface area contributed by atoms with Crippen molar-refractivity contribution < 1.29 is 87.7 Å². The van der Waals surface area contributed by atoms with E-state index in [-0.39, 0.29) is 32.1 Å². The van der Waals surface area contributed by atoms with Crippen LogP contribution in [0.4, 0.5) is 0 Å². The number of aliphatic hydroxyl groups is 6. The molecule has 4 aliphatic rings. The minimum Gasteiger partial charge on any atom is -0.469 e. The fourth-order valence-electron chi connectivity index (χ4n) is 9.07. The molecule has 0 amide bonds. The van der Waals surface area contributed by atoms with Gasteiger partial charge in [-0.3, -0.25) is 9.59 Å². The molecule has 0 radical (unpaired) electrons. The summed E-state index contributed by atoms with van der Waals surface area (Å²) in [6.45, 7) is 11.2. The fourth-order valence-corrected chi connectivity index (χ4v) is 9.07. The second kappa shape index (κ2) is 22.5. The predicted molar refractivity (Wildman–Crippen MR) is 231 cm³/mol. The summed E-state index contributed by atoms with van der Waals surface area (Å²) >= 11 is 0. The van der Waals surface area contributed by atoms with Crippen molar-refractivity contribution in [2.45, 2.75) is 192 Å². The minimum absolute atomic E-state index is 0.102. The number of methoxy groups -OCH3 is 2. The molecule has 368 valence electrons. The van der Waals surface area contributed by atoms with Gasteiger partial charge < -0.3 is 68.5 Å². The Kier molecular flexibility index (Phi) is 18.7. The number of unbranched alkanes of at least 4 members (excludes halogenated alkanes) is 1. The Hall–Kier alpha value is -3.56. The van der Waals surface area contributed by atoms with Crippen molar-refractivity contribution >= 4 is 23.9 Å². The van der Waals surface area contributed by atoms with Crippen LogP contribution in [0, 0.1) is 16.7 Å². The number of cyclic esters (lactones) is 1. The van der Waals surface area contributed by atoms with Crippen molar-refractivity contribution in [3.63, 3.8) is 0 Å². The Balaban J connectivity index is 1.90. The van der Waals surface area contributed by atoms with E-state index in [0.29, 0.717) is 5.57 Å². The van der Waals surface area contributed by atoms with Crippen LogP contribution >= 0.6 is 0 Å². The van der Waals surface area contributed by atoms with Crippen LogP contribution in [0.25, 0.3) is 0 Å². The van der Waals surface area contributed by atoms with E-state index in [0.717, 1.165) is 26.0 Å². The average molecular weight is 925 g/mol. The van der Waals surface area contributed by atoms with E-state index in [1.165, 1.54) is 53.0 Å². The van der Waals surface area contributed by atoms with Crippen LogP contribution in [0.15, 0.2) is 48.1 Å². The zero-order valence-corrected chi connectivity index (χ0v) is 39.2. The van der Waals surface area contributed by atoms with Crippen LogP contribution in [-0.4, -0.2) is 141 Å². The van der Waals surface area contributed by atoms with Crippen molar-refractivity contribution in [3.05, 3.63) is 48.1 Å². The Labute approximate surface area is 381 Å². The third-order valence-corrected chi connectivity index (χ3v) is 12.9. The zero-order valence-electron chi connectivity index (χ0n) is 39.2. The van der Waals surface area contributed by atoms with Crippen LogP contribution in [-0.2, 0) is 57.1 Å². The van der Waals surface area contributed by atoms with Gasteiger partial charge in [-0.05, 0) is 33.1 Å². The third kappa shape index (κ3) is 14.0. The highest BCUT2D eigenvalue weighted by Crippen LogP contribution is 2.52. The zero-order chi connectivity index (χ0) is 48.5. The lowest BCUT2D eigenvalue weighted by Gasteiger charge is -2.55. The van der Waals surface area contributed by atoms with Gasteiger partial charge in [-0.2, -0.15) is 0 Å². The molecule has 0 aromatic carbocycles. The number of aliphatic hydroxyl groups excluding tert-OH is 3. The maximum atomic E-state index is 13.5. The number of hydrogen-bond acceptors (Lipinski definition) is 18. The number of rotatable bonds is 11. The number of fused-ring (bicyclic) bond motifs is 6. The van der Waals surface area contributed by atoms with E-state index in [4.69, 9.17) is 37.9 Å². The Morgan fingerprint density at radius 3 is 2.26 bits per heavy atom. The highest BCUT2D eigenvalue weighted by molar-refractivity contribution is 5.83. The van der Waals surface area contributed by atoms with E-state index in [1.54, 1.807) is 26.0 Å². The molecule has 4 heterocycles. The molecule has 0 aromatic heterocycles. The van der Waals surface area contributed by atoms with Crippen molar-refractivity contribution in [2.75, 3.05) is 14.2 Å². The van der Waals surface area contributed by atoms with Crippen LogP contribution in [0.2, 0.25) is 0 Å². The summed E-state index contributed by atoms with van der Waals surface area (Å²) in [6.07, 6.45) is -0.762. The SMILES string of the molecule is CCCC=CC=CC(=O)O[C@H]1[C@H](CC(=O)OC)C[C@@]2(O)C[C@H]([C@@H](C)O)OC(=O)C[C@H](O)C[C@@H]3C[C@H](O[C@@H](C)O)C(C)(C)[C@](O)(C[C@@H]4CC(=CC(=O)OC)C[C@H](C=CC(C)(C)[C@]1(O)O2)O4)O3. The van der Waals surface area contributed by atoms with E-state index < -0.39 is 139 Å². The van der Waals surface area contributed by atoms with Gasteiger partial charge in [0.1, 0.15) is 6.10 Å². The lowest BCUT2D eigenvalue weighted by molar-refractivity contribution is -0.424.